The summed E-state index contributed by atoms with van der Waals surface area (Å²) in [6.07, 6.45) is 1.55. The van der Waals surface area contributed by atoms with Gasteiger partial charge in [-0.1, -0.05) is 32.0 Å². The van der Waals surface area contributed by atoms with Gasteiger partial charge in [0.1, 0.15) is 4.90 Å². The molecule has 1 aromatic carbocycles. The molecule has 0 fully saturated rings. The van der Waals surface area contributed by atoms with Crippen LogP contribution in [0.25, 0.3) is 0 Å². The van der Waals surface area contributed by atoms with Gasteiger partial charge in [0.25, 0.3) is 10.0 Å². The maximum absolute atomic E-state index is 12.7. The van der Waals surface area contributed by atoms with Crippen LogP contribution in [0, 0.1) is 13.8 Å². The number of H-pyrrole nitrogens is 1. The zero-order chi connectivity index (χ0) is 15.6. The Labute approximate surface area is 125 Å². The van der Waals surface area contributed by atoms with E-state index in [0.717, 1.165) is 24.0 Å². The van der Waals surface area contributed by atoms with Gasteiger partial charge < -0.3 is 0 Å². The topological polar surface area (TPSA) is 74.8 Å². The number of benzene rings is 1. The van der Waals surface area contributed by atoms with Crippen LogP contribution in [0.5, 0.6) is 0 Å². The molecule has 2 aromatic rings. The molecule has 2 N–H and O–H groups in total. The van der Waals surface area contributed by atoms with Gasteiger partial charge in [-0.25, -0.2) is 8.42 Å². The molecule has 0 aliphatic carbocycles. The van der Waals surface area contributed by atoms with Crippen LogP contribution in [0.4, 0.5) is 5.69 Å². The Hall–Kier alpha value is -1.82. The third-order valence-corrected chi connectivity index (χ3v) is 5.18. The number of hydrogen-bond donors (Lipinski definition) is 2. The Morgan fingerprint density at radius 2 is 1.71 bits per heavy atom. The van der Waals surface area contributed by atoms with E-state index < -0.39 is 10.0 Å². The number of nitrogens with zero attached hydrogens (tertiary/aromatic N) is 1. The lowest BCUT2D eigenvalue weighted by molar-refractivity contribution is 0.600. The molecular formula is C15H21N3O2S. The van der Waals surface area contributed by atoms with E-state index in [4.69, 9.17) is 0 Å². The predicted molar refractivity (Wildman–Crippen MR) is 84.1 cm³/mol. The summed E-state index contributed by atoms with van der Waals surface area (Å²) in [4.78, 5) is 0.232. The summed E-state index contributed by atoms with van der Waals surface area (Å²) >= 11 is 0. The van der Waals surface area contributed by atoms with Gasteiger partial charge in [-0.15, -0.1) is 0 Å². The zero-order valence-corrected chi connectivity index (χ0v) is 13.6. The molecule has 0 saturated heterocycles. The normalized spacial score (nSPS) is 11.6. The number of hydrogen-bond acceptors (Lipinski definition) is 3. The molecule has 0 amide bonds. The summed E-state index contributed by atoms with van der Waals surface area (Å²) in [6, 6.07) is 5.86. The van der Waals surface area contributed by atoms with Crippen LogP contribution in [0.15, 0.2) is 23.1 Å². The average molecular weight is 307 g/mol. The molecule has 21 heavy (non-hydrogen) atoms. The Morgan fingerprint density at radius 3 is 2.14 bits per heavy atom. The van der Waals surface area contributed by atoms with E-state index >= 15 is 0 Å². The second kappa shape index (κ2) is 5.89. The van der Waals surface area contributed by atoms with E-state index in [2.05, 4.69) is 14.9 Å². The van der Waals surface area contributed by atoms with Crippen LogP contribution >= 0.6 is 0 Å². The molecule has 0 aliphatic heterocycles. The van der Waals surface area contributed by atoms with Crippen LogP contribution in [0.3, 0.4) is 0 Å². The fourth-order valence-electron chi connectivity index (χ4n) is 2.50. The maximum atomic E-state index is 12.7. The zero-order valence-electron chi connectivity index (χ0n) is 12.8. The Balaban J connectivity index is 2.51. The molecule has 0 saturated carbocycles. The van der Waals surface area contributed by atoms with Crippen molar-refractivity contribution in [2.45, 2.75) is 45.4 Å². The van der Waals surface area contributed by atoms with Crippen molar-refractivity contribution in [3.8, 4) is 0 Å². The molecule has 6 heteroatoms. The monoisotopic (exact) mass is 307 g/mol. The van der Waals surface area contributed by atoms with Gasteiger partial charge >= 0.3 is 0 Å². The highest BCUT2D eigenvalue weighted by molar-refractivity contribution is 7.92. The van der Waals surface area contributed by atoms with Crippen LogP contribution in [-0.4, -0.2) is 18.6 Å². The lowest BCUT2D eigenvalue weighted by Gasteiger charge is -2.15. The third kappa shape index (κ3) is 2.95. The molecule has 0 unspecified atom stereocenters. The minimum Gasteiger partial charge on any atom is -0.281 e. The van der Waals surface area contributed by atoms with Crippen LogP contribution in [0.2, 0.25) is 0 Å². The van der Waals surface area contributed by atoms with Crippen molar-refractivity contribution >= 4 is 15.7 Å². The van der Waals surface area contributed by atoms with Crippen LogP contribution < -0.4 is 4.72 Å². The number of nitrogens with one attached hydrogen (secondary N) is 2. The van der Waals surface area contributed by atoms with E-state index in [-0.39, 0.29) is 4.90 Å². The van der Waals surface area contributed by atoms with Gasteiger partial charge in [-0.2, -0.15) is 5.10 Å². The van der Waals surface area contributed by atoms with E-state index in [9.17, 15) is 8.42 Å². The first-order chi connectivity index (χ1) is 9.90. The first-order valence-electron chi connectivity index (χ1n) is 7.05. The van der Waals surface area contributed by atoms with Gasteiger partial charge in [-0.05, 0) is 37.8 Å². The van der Waals surface area contributed by atoms with Crippen molar-refractivity contribution in [2.24, 2.45) is 0 Å². The quantitative estimate of drug-likeness (QED) is 0.891. The molecule has 114 valence electrons. The highest BCUT2D eigenvalue weighted by Crippen LogP contribution is 2.27. The molecule has 0 bridgehead atoms. The van der Waals surface area contributed by atoms with E-state index in [1.54, 1.807) is 13.8 Å². The second-order valence-electron chi connectivity index (χ2n) is 5.03. The Bertz CT molecular complexity index is 707. The number of rotatable bonds is 5. The average Bonchev–Trinajstić information content (AvgIpc) is 2.78. The Kier molecular flexibility index (Phi) is 4.37. The first kappa shape index (κ1) is 15.6. The van der Waals surface area contributed by atoms with Gasteiger partial charge in [0.05, 0.1) is 17.1 Å². The number of sulfonamides is 1. The van der Waals surface area contributed by atoms with Crippen molar-refractivity contribution in [2.75, 3.05) is 4.72 Å². The fraction of sp³-hybridized carbons (Fsp3) is 0.400. The summed E-state index contributed by atoms with van der Waals surface area (Å²) in [5.41, 5.74) is 3.72. The fourth-order valence-corrected chi connectivity index (χ4v) is 4.01. The lowest BCUT2D eigenvalue weighted by Crippen LogP contribution is -2.17. The molecule has 1 heterocycles. The molecule has 1 aromatic heterocycles. The standard InChI is InChI=1S/C15H21N3O2S/c1-5-12-8-7-9-13(6-2)14(12)18-21(19,20)15-10(3)16-17-11(15)4/h7-9,18H,5-6H2,1-4H3,(H,16,17). The third-order valence-electron chi connectivity index (χ3n) is 3.56. The van der Waals surface area contributed by atoms with Gasteiger partial charge in [0.15, 0.2) is 0 Å². The van der Waals surface area contributed by atoms with Gasteiger partial charge in [-0.3, -0.25) is 9.82 Å². The number of aromatic amines is 1. The molecule has 0 spiro atoms. The molecule has 2 rings (SSSR count). The minimum atomic E-state index is -3.64. The molecule has 0 radical (unpaired) electrons. The number of aryl methyl sites for hydroxylation is 4. The Morgan fingerprint density at radius 1 is 1.14 bits per heavy atom. The lowest BCUT2D eigenvalue weighted by atomic mass is 10.0. The SMILES string of the molecule is CCc1cccc(CC)c1NS(=O)(=O)c1c(C)n[nH]c1C. The summed E-state index contributed by atoms with van der Waals surface area (Å²) < 4.78 is 28.1. The van der Waals surface area contributed by atoms with Crippen molar-refractivity contribution in [1.29, 1.82) is 0 Å². The highest BCUT2D eigenvalue weighted by Gasteiger charge is 2.23. The molecule has 0 atom stereocenters. The van der Waals surface area contributed by atoms with E-state index in [0.29, 0.717) is 17.1 Å². The van der Waals surface area contributed by atoms with Crippen molar-refractivity contribution < 1.29 is 8.42 Å². The highest BCUT2D eigenvalue weighted by atomic mass is 32.2. The maximum Gasteiger partial charge on any atom is 0.265 e. The summed E-state index contributed by atoms with van der Waals surface area (Å²) in [7, 11) is -3.64. The molecule has 0 aliphatic rings. The summed E-state index contributed by atoms with van der Waals surface area (Å²) in [5.74, 6) is 0. The molecular weight excluding hydrogens is 286 g/mol. The summed E-state index contributed by atoms with van der Waals surface area (Å²) in [6.45, 7) is 7.42. The number of aromatic nitrogens is 2. The van der Waals surface area contributed by atoms with Crippen LogP contribution in [0.1, 0.15) is 36.4 Å². The second-order valence-corrected chi connectivity index (χ2v) is 6.65. The van der Waals surface area contributed by atoms with Gasteiger partial charge in [0.2, 0.25) is 0 Å². The van der Waals surface area contributed by atoms with Crippen molar-refractivity contribution in [1.82, 2.24) is 10.2 Å². The number of anilines is 1. The van der Waals surface area contributed by atoms with E-state index in [1.807, 2.05) is 32.0 Å². The summed E-state index contributed by atoms with van der Waals surface area (Å²) in [5, 5.41) is 6.68. The van der Waals surface area contributed by atoms with Crippen molar-refractivity contribution in [3.05, 3.63) is 40.7 Å². The van der Waals surface area contributed by atoms with Gasteiger partial charge in [0, 0.05) is 0 Å². The molecule has 5 nitrogen and oxygen atoms in total. The van der Waals surface area contributed by atoms with E-state index in [1.165, 1.54) is 0 Å². The minimum absolute atomic E-state index is 0.232. The van der Waals surface area contributed by atoms with Crippen molar-refractivity contribution in [3.63, 3.8) is 0 Å². The first-order valence-corrected chi connectivity index (χ1v) is 8.54. The largest absolute Gasteiger partial charge is 0.281 e. The van der Waals surface area contributed by atoms with Crippen LogP contribution in [-0.2, 0) is 22.9 Å². The predicted octanol–water partition coefficient (Wildman–Crippen LogP) is 2.95. The smallest absolute Gasteiger partial charge is 0.265 e. The number of para-hydroxylation sites is 1.